The summed E-state index contributed by atoms with van der Waals surface area (Å²) in [6.45, 7) is 3.02. The van der Waals surface area contributed by atoms with E-state index in [4.69, 9.17) is 0 Å². The van der Waals surface area contributed by atoms with Gasteiger partial charge >= 0.3 is 0 Å². The van der Waals surface area contributed by atoms with Crippen LogP contribution in [0, 0.1) is 6.92 Å². The van der Waals surface area contributed by atoms with Crippen LogP contribution in [0.25, 0.3) is 10.9 Å². The number of aromatic nitrogens is 1. The lowest BCUT2D eigenvalue weighted by Gasteiger charge is -2.09. The van der Waals surface area contributed by atoms with E-state index < -0.39 is 0 Å². The number of anilines is 1. The zero-order chi connectivity index (χ0) is 13.1. The standard InChI is InChI=1S/C16H16N2S/c1-12-10-14-4-2-3-5-15(14)18-16(12)17-8-6-13-7-9-19-11-13/h2-5,7,9-11H,6,8H2,1H3,(H,17,18). The van der Waals surface area contributed by atoms with Crippen molar-refractivity contribution in [2.75, 3.05) is 11.9 Å². The van der Waals surface area contributed by atoms with Crippen molar-refractivity contribution in [1.82, 2.24) is 4.98 Å². The third-order valence-electron chi connectivity index (χ3n) is 3.20. The Morgan fingerprint density at radius 3 is 2.95 bits per heavy atom. The monoisotopic (exact) mass is 268 g/mol. The van der Waals surface area contributed by atoms with E-state index in [1.807, 2.05) is 12.1 Å². The molecule has 0 aliphatic heterocycles. The minimum absolute atomic E-state index is 0.920. The topological polar surface area (TPSA) is 24.9 Å². The molecular formula is C16H16N2S. The molecular weight excluding hydrogens is 252 g/mol. The summed E-state index contributed by atoms with van der Waals surface area (Å²) in [5.74, 6) is 0.994. The van der Waals surface area contributed by atoms with Crippen molar-refractivity contribution in [3.05, 3.63) is 58.3 Å². The highest BCUT2D eigenvalue weighted by molar-refractivity contribution is 7.07. The number of benzene rings is 1. The van der Waals surface area contributed by atoms with Gasteiger partial charge in [0.05, 0.1) is 5.52 Å². The predicted molar refractivity (Wildman–Crippen MR) is 83.0 cm³/mol. The van der Waals surface area contributed by atoms with Gasteiger partial charge in [-0.15, -0.1) is 0 Å². The van der Waals surface area contributed by atoms with Gasteiger partial charge in [-0.2, -0.15) is 11.3 Å². The van der Waals surface area contributed by atoms with Crippen molar-refractivity contribution in [2.45, 2.75) is 13.3 Å². The summed E-state index contributed by atoms with van der Waals surface area (Å²) < 4.78 is 0. The van der Waals surface area contributed by atoms with Crippen LogP contribution < -0.4 is 5.32 Å². The van der Waals surface area contributed by atoms with Crippen LogP contribution >= 0.6 is 11.3 Å². The molecule has 0 fully saturated rings. The fourth-order valence-corrected chi connectivity index (χ4v) is 2.86. The van der Waals surface area contributed by atoms with E-state index in [1.165, 1.54) is 16.5 Å². The van der Waals surface area contributed by atoms with Gasteiger partial charge in [0.25, 0.3) is 0 Å². The molecule has 0 bridgehead atoms. The molecule has 0 spiro atoms. The zero-order valence-electron chi connectivity index (χ0n) is 10.9. The average molecular weight is 268 g/mol. The van der Waals surface area contributed by atoms with Gasteiger partial charge in [0.1, 0.15) is 5.82 Å². The number of thiophene rings is 1. The normalized spacial score (nSPS) is 10.8. The van der Waals surface area contributed by atoms with Crippen LogP contribution in [-0.4, -0.2) is 11.5 Å². The predicted octanol–water partition coefficient (Wildman–Crippen LogP) is 4.26. The van der Waals surface area contributed by atoms with Crippen LogP contribution in [0.15, 0.2) is 47.2 Å². The maximum absolute atomic E-state index is 4.69. The first-order valence-electron chi connectivity index (χ1n) is 6.44. The molecule has 2 heterocycles. The number of rotatable bonds is 4. The fraction of sp³-hybridized carbons (Fsp3) is 0.188. The van der Waals surface area contributed by atoms with Gasteiger partial charge in [-0.05, 0) is 53.4 Å². The summed E-state index contributed by atoms with van der Waals surface area (Å²) in [4.78, 5) is 4.69. The van der Waals surface area contributed by atoms with Crippen LogP contribution in [0.2, 0.25) is 0 Å². The third-order valence-corrected chi connectivity index (χ3v) is 3.93. The molecule has 0 saturated carbocycles. The fourth-order valence-electron chi connectivity index (χ4n) is 2.16. The number of para-hydroxylation sites is 1. The molecule has 0 unspecified atom stereocenters. The van der Waals surface area contributed by atoms with Gasteiger partial charge in [-0.3, -0.25) is 0 Å². The van der Waals surface area contributed by atoms with Crippen molar-refractivity contribution in [1.29, 1.82) is 0 Å². The Morgan fingerprint density at radius 1 is 1.21 bits per heavy atom. The van der Waals surface area contributed by atoms with Gasteiger partial charge in [0.2, 0.25) is 0 Å². The van der Waals surface area contributed by atoms with Crippen molar-refractivity contribution < 1.29 is 0 Å². The van der Waals surface area contributed by atoms with Crippen molar-refractivity contribution in [3.63, 3.8) is 0 Å². The lowest BCUT2D eigenvalue weighted by atomic mass is 10.1. The SMILES string of the molecule is Cc1cc2ccccc2nc1NCCc1ccsc1. The Balaban J connectivity index is 1.75. The molecule has 3 aromatic rings. The quantitative estimate of drug-likeness (QED) is 0.764. The Kier molecular flexibility index (Phi) is 3.47. The molecule has 0 aliphatic rings. The molecule has 0 atom stereocenters. The number of hydrogen-bond donors (Lipinski definition) is 1. The van der Waals surface area contributed by atoms with E-state index >= 15 is 0 Å². The number of pyridine rings is 1. The molecule has 19 heavy (non-hydrogen) atoms. The minimum atomic E-state index is 0.920. The Bertz CT molecular complexity index is 674. The van der Waals surface area contributed by atoms with Crippen molar-refractivity contribution >= 4 is 28.1 Å². The molecule has 2 aromatic heterocycles. The van der Waals surface area contributed by atoms with Crippen molar-refractivity contribution in [3.8, 4) is 0 Å². The van der Waals surface area contributed by atoms with Gasteiger partial charge in [-0.1, -0.05) is 18.2 Å². The van der Waals surface area contributed by atoms with E-state index in [-0.39, 0.29) is 0 Å². The van der Waals surface area contributed by atoms with Crippen LogP contribution in [0.5, 0.6) is 0 Å². The van der Waals surface area contributed by atoms with Gasteiger partial charge in [-0.25, -0.2) is 4.98 Å². The number of nitrogens with one attached hydrogen (secondary N) is 1. The molecule has 1 aromatic carbocycles. The lowest BCUT2D eigenvalue weighted by molar-refractivity contribution is 1.01. The second kappa shape index (κ2) is 5.41. The zero-order valence-corrected chi connectivity index (χ0v) is 11.7. The highest BCUT2D eigenvalue weighted by atomic mass is 32.1. The first kappa shape index (κ1) is 12.2. The largest absolute Gasteiger partial charge is 0.370 e. The highest BCUT2D eigenvalue weighted by Crippen LogP contribution is 2.19. The Labute approximate surface area is 117 Å². The minimum Gasteiger partial charge on any atom is -0.370 e. The molecule has 0 aliphatic carbocycles. The van der Waals surface area contributed by atoms with Crippen LogP contribution in [-0.2, 0) is 6.42 Å². The maximum atomic E-state index is 4.69. The molecule has 96 valence electrons. The van der Waals surface area contributed by atoms with Crippen molar-refractivity contribution in [2.24, 2.45) is 0 Å². The lowest BCUT2D eigenvalue weighted by Crippen LogP contribution is -2.07. The summed E-state index contributed by atoms with van der Waals surface area (Å²) in [5, 5.41) is 8.95. The van der Waals surface area contributed by atoms with E-state index in [0.717, 1.165) is 24.3 Å². The second-order valence-corrected chi connectivity index (χ2v) is 5.43. The average Bonchev–Trinajstić information content (AvgIpc) is 2.92. The molecule has 3 heteroatoms. The number of fused-ring (bicyclic) bond motifs is 1. The van der Waals surface area contributed by atoms with E-state index in [1.54, 1.807) is 11.3 Å². The molecule has 0 saturated heterocycles. The summed E-state index contributed by atoms with van der Waals surface area (Å²) in [7, 11) is 0. The molecule has 1 N–H and O–H groups in total. The van der Waals surface area contributed by atoms with E-state index in [2.05, 4.69) is 52.3 Å². The summed E-state index contributed by atoms with van der Waals surface area (Å²) in [6, 6.07) is 12.6. The summed E-state index contributed by atoms with van der Waals surface area (Å²) >= 11 is 1.75. The first-order chi connectivity index (χ1) is 9.33. The molecule has 0 amide bonds. The maximum Gasteiger partial charge on any atom is 0.129 e. The molecule has 0 radical (unpaired) electrons. The van der Waals surface area contributed by atoms with Crippen LogP contribution in [0.1, 0.15) is 11.1 Å². The number of aryl methyl sites for hydroxylation is 1. The van der Waals surface area contributed by atoms with Gasteiger partial charge in [0.15, 0.2) is 0 Å². The number of hydrogen-bond acceptors (Lipinski definition) is 3. The van der Waals surface area contributed by atoms with Gasteiger partial charge in [0, 0.05) is 11.9 Å². The first-order valence-corrected chi connectivity index (χ1v) is 7.38. The van der Waals surface area contributed by atoms with Gasteiger partial charge < -0.3 is 5.32 Å². The van der Waals surface area contributed by atoms with Crippen LogP contribution in [0.4, 0.5) is 5.82 Å². The highest BCUT2D eigenvalue weighted by Gasteiger charge is 2.02. The number of nitrogens with zero attached hydrogens (tertiary/aromatic N) is 1. The molecule has 3 rings (SSSR count). The third kappa shape index (κ3) is 2.76. The summed E-state index contributed by atoms with van der Waals surface area (Å²) in [5.41, 5.74) is 3.63. The molecule has 2 nitrogen and oxygen atoms in total. The smallest absolute Gasteiger partial charge is 0.129 e. The second-order valence-electron chi connectivity index (χ2n) is 4.65. The van der Waals surface area contributed by atoms with E-state index in [0.29, 0.717) is 0 Å². The van der Waals surface area contributed by atoms with E-state index in [9.17, 15) is 0 Å². The van der Waals surface area contributed by atoms with Crippen LogP contribution in [0.3, 0.4) is 0 Å². The Morgan fingerprint density at radius 2 is 2.11 bits per heavy atom. The Hall–Kier alpha value is -1.87. The summed E-state index contributed by atoms with van der Waals surface area (Å²) in [6.07, 6.45) is 1.04.